The van der Waals surface area contributed by atoms with Crippen LogP contribution in [0.3, 0.4) is 0 Å². The topological polar surface area (TPSA) is 61.4 Å². The molecule has 0 saturated heterocycles. The molecule has 6 aromatic carbocycles. The van der Waals surface area contributed by atoms with Crippen molar-refractivity contribution in [2.24, 2.45) is 4.99 Å². The number of nitrogens with one attached hydrogen (secondary N) is 2. The van der Waals surface area contributed by atoms with E-state index in [0.29, 0.717) is 5.71 Å². The van der Waals surface area contributed by atoms with Crippen LogP contribution in [0.15, 0.2) is 149 Å². The normalized spacial score (nSPS) is 11.4. The fourth-order valence-corrected chi connectivity index (χ4v) is 5.44. The Bertz CT molecular complexity index is 2120. The molecule has 0 aliphatic rings. The third kappa shape index (κ3) is 5.34. The van der Waals surface area contributed by atoms with E-state index in [0.717, 1.165) is 72.4 Å². The summed E-state index contributed by atoms with van der Waals surface area (Å²) < 4.78 is 6.20. The predicted octanol–water partition coefficient (Wildman–Crippen LogP) is 10.5. The quantitative estimate of drug-likeness (QED) is 0.192. The van der Waals surface area contributed by atoms with Crippen molar-refractivity contribution in [1.82, 2.24) is 0 Å². The minimum Gasteiger partial charge on any atom is -0.456 e. The predicted molar refractivity (Wildman–Crippen MR) is 180 cm³/mol. The summed E-state index contributed by atoms with van der Waals surface area (Å²) in [5.74, 6) is 0. The van der Waals surface area contributed by atoms with Gasteiger partial charge in [0.1, 0.15) is 11.2 Å². The van der Waals surface area contributed by atoms with Gasteiger partial charge in [0.25, 0.3) is 0 Å². The van der Waals surface area contributed by atoms with Gasteiger partial charge in [-0.2, -0.15) is 0 Å². The maximum absolute atomic E-state index is 8.80. The van der Waals surface area contributed by atoms with Crippen LogP contribution in [0.1, 0.15) is 22.3 Å². The van der Waals surface area contributed by atoms with Crippen molar-refractivity contribution in [3.63, 3.8) is 0 Å². The molecule has 7 aromatic rings. The van der Waals surface area contributed by atoms with Crippen molar-refractivity contribution in [3.05, 3.63) is 162 Å². The second-order valence-corrected chi connectivity index (χ2v) is 10.6. The molecule has 0 aliphatic carbocycles. The van der Waals surface area contributed by atoms with Crippen molar-refractivity contribution >= 4 is 50.9 Å². The average molecular weight is 556 g/mol. The summed E-state index contributed by atoms with van der Waals surface area (Å²) >= 11 is 0. The number of rotatable bonds is 7. The second-order valence-electron chi connectivity index (χ2n) is 10.6. The Kier molecular flexibility index (Phi) is 6.86. The smallest absolute Gasteiger partial charge is 0.136 e. The van der Waals surface area contributed by atoms with E-state index in [-0.39, 0.29) is 0 Å². The highest BCUT2D eigenvalue weighted by atomic mass is 16.3. The molecule has 0 spiro atoms. The van der Waals surface area contributed by atoms with Crippen LogP contribution in [0.2, 0.25) is 0 Å². The Morgan fingerprint density at radius 2 is 1.47 bits per heavy atom. The molecule has 0 fully saturated rings. The molecule has 0 radical (unpaired) electrons. The Morgan fingerprint density at radius 1 is 0.698 bits per heavy atom. The minimum absolute atomic E-state index is 0.465. The fourth-order valence-electron chi connectivity index (χ4n) is 5.44. The van der Waals surface area contributed by atoms with Crippen LogP contribution in [0.4, 0.5) is 17.1 Å². The van der Waals surface area contributed by atoms with E-state index < -0.39 is 0 Å². The minimum atomic E-state index is 0.465. The highest BCUT2D eigenvalue weighted by Gasteiger charge is 2.14. The van der Waals surface area contributed by atoms with E-state index in [9.17, 15) is 0 Å². The summed E-state index contributed by atoms with van der Waals surface area (Å²) in [6.07, 6.45) is 1.85. The molecule has 0 amide bonds. The van der Waals surface area contributed by atoms with Gasteiger partial charge in [-0.3, -0.25) is 10.4 Å². The summed E-state index contributed by atoms with van der Waals surface area (Å²) in [5, 5.41) is 14.6. The standard InChI is InChI=1S/C39H29N3O/c1-26-10-9-13-29(22-26)39(40)32-15-5-7-16-35(32)41-25-27-18-20-30(21-19-27)42-36-23-34-31-14-6-8-17-37(31)43-38(34)24-33(36)28-11-3-2-4-12-28/h2-25,40,42H,1H3/b40-39?,41-25+. The van der Waals surface area contributed by atoms with Crippen molar-refractivity contribution in [1.29, 1.82) is 5.41 Å². The summed E-state index contributed by atoms with van der Waals surface area (Å²) in [5.41, 5.74) is 11.0. The molecule has 0 bridgehead atoms. The molecule has 0 unspecified atom stereocenters. The fraction of sp³-hybridized carbons (Fsp3) is 0.0256. The Balaban J connectivity index is 1.18. The van der Waals surface area contributed by atoms with Crippen LogP contribution in [0.5, 0.6) is 0 Å². The first-order valence-corrected chi connectivity index (χ1v) is 14.3. The van der Waals surface area contributed by atoms with E-state index in [4.69, 9.17) is 14.8 Å². The molecule has 7 rings (SSSR count). The highest BCUT2D eigenvalue weighted by molar-refractivity contribution is 6.14. The Hall–Kier alpha value is -5.74. The van der Waals surface area contributed by atoms with E-state index in [1.165, 1.54) is 0 Å². The summed E-state index contributed by atoms with van der Waals surface area (Å²) in [7, 11) is 0. The van der Waals surface area contributed by atoms with E-state index >= 15 is 0 Å². The summed E-state index contributed by atoms with van der Waals surface area (Å²) in [4.78, 5) is 4.77. The van der Waals surface area contributed by atoms with Gasteiger partial charge in [0, 0.05) is 45.1 Å². The zero-order chi connectivity index (χ0) is 29.2. The van der Waals surface area contributed by atoms with Gasteiger partial charge in [0.2, 0.25) is 0 Å². The molecule has 2 N–H and O–H groups in total. The number of nitrogens with zero attached hydrogens (tertiary/aromatic N) is 1. The molecule has 43 heavy (non-hydrogen) atoms. The third-order valence-corrected chi connectivity index (χ3v) is 7.62. The number of anilines is 2. The van der Waals surface area contributed by atoms with Crippen LogP contribution in [-0.2, 0) is 0 Å². The molecular weight excluding hydrogens is 526 g/mol. The number of furan rings is 1. The largest absolute Gasteiger partial charge is 0.456 e. The van der Waals surface area contributed by atoms with Gasteiger partial charge in [-0.25, -0.2) is 0 Å². The molecule has 0 atom stereocenters. The van der Waals surface area contributed by atoms with Crippen LogP contribution >= 0.6 is 0 Å². The van der Waals surface area contributed by atoms with Crippen molar-refractivity contribution < 1.29 is 4.42 Å². The van der Waals surface area contributed by atoms with Crippen molar-refractivity contribution in [2.75, 3.05) is 5.32 Å². The number of benzene rings is 6. The maximum atomic E-state index is 8.80. The SMILES string of the molecule is Cc1cccc(C(=N)c2ccccc2/N=C/c2ccc(Nc3cc4c(cc3-c3ccccc3)oc3ccccc34)cc2)c1. The molecule has 0 saturated carbocycles. The monoisotopic (exact) mass is 555 g/mol. The molecule has 0 aliphatic heterocycles. The third-order valence-electron chi connectivity index (χ3n) is 7.62. The lowest BCUT2D eigenvalue weighted by atomic mass is 9.99. The molecule has 4 heteroatoms. The van der Waals surface area contributed by atoms with E-state index in [2.05, 4.69) is 59.9 Å². The first-order chi connectivity index (χ1) is 21.1. The molecule has 4 nitrogen and oxygen atoms in total. The van der Waals surface area contributed by atoms with Gasteiger partial charge in [0.05, 0.1) is 11.4 Å². The van der Waals surface area contributed by atoms with Gasteiger partial charge in [0.15, 0.2) is 0 Å². The number of aliphatic imine (C=N–C) groups is 1. The first kappa shape index (κ1) is 26.2. The lowest BCUT2D eigenvalue weighted by molar-refractivity contribution is 0.669. The Morgan fingerprint density at radius 3 is 2.30 bits per heavy atom. The molecule has 206 valence electrons. The highest BCUT2D eigenvalue weighted by Crippen LogP contribution is 2.38. The van der Waals surface area contributed by atoms with Gasteiger partial charge in [-0.05, 0) is 60.5 Å². The van der Waals surface area contributed by atoms with Gasteiger partial charge in [-0.15, -0.1) is 0 Å². The zero-order valence-electron chi connectivity index (χ0n) is 23.7. The Labute approximate surface area is 250 Å². The number of aryl methyl sites for hydroxylation is 1. The lowest BCUT2D eigenvalue weighted by Crippen LogP contribution is -2.02. The second kappa shape index (κ2) is 11.3. The van der Waals surface area contributed by atoms with Crippen LogP contribution in [-0.4, -0.2) is 11.9 Å². The first-order valence-electron chi connectivity index (χ1n) is 14.3. The van der Waals surface area contributed by atoms with E-state index in [1.54, 1.807) is 0 Å². The zero-order valence-corrected chi connectivity index (χ0v) is 23.7. The van der Waals surface area contributed by atoms with Crippen LogP contribution < -0.4 is 5.32 Å². The van der Waals surface area contributed by atoms with Crippen molar-refractivity contribution in [3.8, 4) is 11.1 Å². The number of fused-ring (bicyclic) bond motifs is 3. The number of hydrogen-bond acceptors (Lipinski definition) is 4. The van der Waals surface area contributed by atoms with Gasteiger partial charge >= 0.3 is 0 Å². The van der Waals surface area contributed by atoms with Gasteiger partial charge in [-0.1, -0.05) is 103 Å². The summed E-state index contributed by atoms with van der Waals surface area (Å²) in [6.45, 7) is 2.04. The van der Waals surface area contributed by atoms with Crippen molar-refractivity contribution in [2.45, 2.75) is 6.92 Å². The molecular formula is C39H29N3O. The van der Waals surface area contributed by atoms with Crippen LogP contribution in [0.25, 0.3) is 33.1 Å². The number of para-hydroxylation sites is 2. The molecule has 1 heterocycles. The molecule has 1 aromatic heterocycles. The van der Waals surface area contributed by atoms with Gasteiger partial charge < -0.3 is 9.73 Å². The van der Waals surface area contributed by atoms with E-state index in [1.807, 2.05) is 98.1 Å². The average Bonchev–Trinajstić information content (AvgIpc) is 3.42. The number of hydrogen-bond donors (Lipinski definition) is 2. The summed E-state index contributed by atoms with van der Waals surface area (Å²) in [6, 6.07) is 46.9. The maximum Gasteiger partial charge on any atom is 0.136 e. The van der Waals surface area contributed by atoms with Crippen LogP contribution in [0, 0.1) is 12.3 Å². The lowest BCUT2D eigenvalue weighted by Gasteiger charge is -2.13.